The lowest BCUT2D eigenvalue weighted by Gasteiger charge is -2.20. The van der Waals surface area contributed by atoms with Crippen LogP contribution in [0.25, 0.3) is 0 Å². The Morgan fingerprint density at radius 3 is 2.62 bits per heavy atom. The maximum atomic E-state index is 11.7. The van der Waals surface area contributed by atoms with Crippen molar-refractivity contribution >= 4 is 29.5 Å². The van der Waals surface area contributed by atoms with Crippen LogP contribution in [0.5, 0.6) is 0 Å². The summed E-state index contributed by atoms with van der Waals surface area (Å²) < 4.78 is 4.83. The van der Waals surface area contributed by atoms with Crippen molar-refractivity contribution in [3.8, 4) is 0 Å². The summed E-state index contributed by atoms with van der Waals surface area (Å²) in [5.41, 5.74) is 5.53. The number of thioether (sulfide) groups is 1. The highest BCUT2D eigenvalue weighted by Gasteiger charge is 2.16. The summed E-state index contributed by atoms with van der Waals surface area (Å²) in [4.78, 5) is 31.2. The number of aromatic nitrogens is 2. The zero-order chi connectivity index (χ0) is 16.0. The molecule has 1 aromatic heterocycles. The van der Waals surface area contributed by atoms with E-state index in [9.17, 15) is 9.59 Å². The van der Waals surface area contributed by atoms with E-state index in [4.69, 9.17) is 10.5 Å². The van der Waals surface area contributed by atoms with Gasteiger partial charge in [-0.3, -0.25) is 4.79 Å². The Bertz CT molecular complexity index is 529. The maximum absolute atomic E-state index is 11.7. The largest absolute Gasteiger partial charge is 0.462 e. The standard InChI is InChI=1S/C13H20N4O3S/c1-5-20-11(19)8-6-15-12(16-10(8)14)21-7-9(18)17-13(2,3)4/h6H,5,7H2,1-4H3,(H,17,18)(H2,14,15,16). The van der Waals surface area contributed by atoms with Gasteiger partial charge in [-0.15, -0.1) is 0 Å². The second kappa shape index (κ2) is 7.26. The molecule has 7 nitrogen and oxygen atoms in total. The number of amides is 1. The molecular formula is C13H20N4O3S. The Hall–Kier alpha value is -1.83. The molecule has 1 heterocycles. The molecule has 1 rings (SSSR count). The number of hydrogen-bond acceptors (Lipinski definition) is 7. The number of nitrogens with two attached hydrogens (primary N) is 1. The summed E-state index contributed by atoms with van der Waals surface area (Å²) in [6.07, 6.45) is 1.31. The molecule has 0 fully saturated rings. The second-order valence-corrected chi connectivity index (χ2v) is 6.20. The Balaban J connectivity index is 2.64. The van der Waals surface area contributed by atoms with E-state index >= 15 is 0 Å². The molecule has 3 N–H and O–H groups in total. The zero-order valence-corrected chi connectivity index (χ0v) is 13.4. The number of carbonyl (C=O) groups is 2. The van der Waals surface area contributed by atoms with Gasteiger partial charge in [-0.05, 0) is 27.7 Å². The van der Waals surface area contributed by atoms with Gasteiger partial charge in [0.15, 0.2) is 5.16 Å². The SMILES string of the molecule is CCOC(=O)c1cnc(SCC(=O)NC(C)(C)C)nc1N. The highest BCUT2D eigenvalue weighted by molar-refractivity contribution is 7.99. The molecule has 0 aliphatic rings. The minimum absolute atomic E-state index is 0.0437. The van der Waals surface area contributed by atoms with E-state index in [1.54, 1.807) is 6.92 Å². The molecule has 0 aromatic carbocycles. The van der Waals surface area contributed by atoms with Gasteiger partial charge in [-0.2, -0.15) is 0 Å². The fourth-order valence-corrected chi connectivity index (χ4v) is 2.02. The van der Waals surface area contributed by atoms with Crippen molar-refractivity contribution in [1.29, 1.82) is 0 Å². The highest BCUT2D eigenvalue weighted by Crippen LogP contribution is 2.17. The third-order valence-corrected chi connectivity index (χ3v) is 3.00. The summed E-state index contributed by atoms with van der Waals surface area (Å²) in [5, 5.41) is 3.17. The van der Waals surface area contributed by atoms with Crippen LogP contribution in [0.15, 0.2) is 11.4 Å². The molecule has 0 atom stereocenters. The molecule has 0 aliphatic heterocycles. The number of anilines is 1. The van der Waals surface area contributed by atoms with E-state index < -0.39 is 5.97 Å². The molecule has 1 amide bonds. The molecule has 0 bridgehead atoms. The van der Waals surface area contributed by atoms with E-state index in [0.29, 0.717) is 5.16 Å². The lowest BCUT2D eigenvalue weighted by atomic mass is 10.1. The summed E-state index contributed by atoms with van der Waals surface area (Å²) in [6, 6.07) is 0. The number of rotatable bonds is 5. The number of carbonyl (C=O) groups excluding carboxylic acids is 2. The molecule has 0 saturated carbocycles. The summed E-state index contributed by atoms with van der Waals surface area (Å²) in [5.74, 6) is -0.460. The van der Waals surface area contributed by atoms with E-state index in [0.717, 1.165) is 11.8 Å². The average Bonchev–Trinajstić information content (AvgIpc) is 2.34. The average molecular weight is 312 g/mol. The first-order valence-electron chi connectivity index (χ1n) is 6.46. The summed E-state index contributed by atoms with van der Waals surface area (Å²) in [7, 11) is 0. The van der Waals surface area contributed by atoms with Crippen LogP contribution in [0.4, 0.5) is 5.82 Å². The van der Waals surface area contributed by atoms with Gasteiger partial charge in [0.05, 0.1) is 12.4 Å². The van der Waals surface area contributed by atoms with Crippen molar-refractivity contribution in [3.63, 3.8) is 0 Å². The van der Waals surface area contributed by atoms with E-state index in [-0.39, 0.29) is 35.2 Å². The minimum atomic E-state index is -0.558. The topological polar surface area (TPSA) is 107 Å². The first kappa shape index (κ1) is 17.2. The van der Waals surface area contributed by atoms with Crippen LogP contribution in [-0.4, -0.2) is 39.7 Å². The molecule has 8 heteroatoms. The Morgan fingerprint density at radius 1 is 1.43 bits per heavy atom. The van der Waals surface area contributed by atoms with Crippen molar-refractivity contribution in [2.75, 3.05) is 18.1 Å². The summed E-state index contributed by atoms with van der Waals surface area (Å²) in [6.45, 7) is 7.66. The number of nitrogen functional groups attached to an aromatic ring is 1. The van der Waals surface area contributed by atoms with E-state index in [2.05, 4.69) is 15.3 Å². The van der Waals surface area contributed by atoms with Gasteiger partial charge in [-0.1, -0.05) is 11.8 Å². The smallest absolute Gasteiger partial charge is 0.343 e. The predicted molar refractivity (Wildman–Crippen MR) is 81.0 cm³/mol. The molecule has 0 saturated heterocycles. The number of nitrogens with one attached hydrogen (secondary N) is 1. The van der Waals surface area contributed by atoms with Gasteiger partial charge in [0.25, 0.3) is 0 Å². The van der Waals surface area contributed by atoms with Crippen LogP contribution < -0.4 is 11.1 Å². The molecule has 21 heavy (non-hydrogen) atoms. The molecular weight excluding hydrogens is 292 g/mol. The monoisotopic (exact) mass is 312 g/mol. The van der Waals surface area contributed by atoms with Crippen LogP contribution in [0, 0.1) is 0 Å². The van der Waals surface area contributed by atoms with Crippen LogP contribution in [0.2, 0.25) is 0 Å². The van der Waals surface area contributed by atoms with Gasteiger partial charge >= 0.3 is 5.97 Å². The van der Waals surface area contributed by atoms with Gasteiger partial charge < -0.3 is 15.8 Å². The first-order chi connectivity index (χ1) is 9.73. The third-order valence-electron chi connectivity index (χ3n) is 2.14. The third kappa shape index (κ3) is 5.99. The Labute approximate surface area is 128 Å². The predicted octanol–water partition coefficient (Wildman–Crippen LogP) is 1.24. The van der Waals surface area contributed by atoms with Crippen LogP contribution >= 0.6 is 11.8 Å². The van der Waals surface area contributed by atoms with Crippen LogP contribution in [-0.2, 0) is 9.53 Å². The fourth-order valence-electron chi connectivity index (χ4n) is 1.40. The molecule has 0 unspecified atom stereocenters. The number of ether oxygens (including phenoxy) is 1. The lowest BCUT2D eigenvalue weighted by Crippen LogP contribution is -2.41. The second-order valence-electron chi connectivity index (χ2n) is 5.26. The van der Waals surface area contributed by atoms with Crippen LogP contribution in [0.1, 0.15) is 38.1 Å². The number of nitrogens with zero attached hydrogens (tertiary/aromatic N) is 2. The molecule has 116 valence electrons. The Kier molecular flexibility index (Phi) is 5.95. The molecule has 1 aromatic rings. The number of esters is 1. The summed E-state index contributed by atoms with van der Waals surface area (Å²) >= 11 is 1.15. The normalized spacial score (nSPS) is 11.0. The highest BCUT2D eigenvalue weighted by atomic mass is 32.2. The molecule has 0 radical (unpaired) electrons. The van der Waals surface area contributed by atoms with Crippen molar-refractivity contribution in [2.24, 2.45) is 0 Å². The fraction of sp³-hybridized carbons (Fsp3) is 0.538. The number of hydrogen-bond donors (Lipinski definition) is 2. The first-order valence-corrected chi connectivity index (χ1v) is 7.45. The maximum Gasteiger partial charge on any atom is 0.343 e. The lowest BCUT2D eigenvalue weighted by molar-refractivity contribution is -0.119. The van der Waals surface area contributed by atoms with Gasteiger partial charge in [0, 0.05) is 11.7 Å². The van der Waals surface area contributed by atoms with Crippen LogP contribution in [0.3, 0.4) is 0 Å². The van der Waals surface area contributed by atoms with Crippen molar-refractivity contribution < 1.29 is 14.3 Å². The van der Waals surface area contributed by atoms with Crippen molar-refractivity contribution in [3.05, 3.63) is 11.8 Å². The van der Waals surface area contributed by atoms with Gasteiger partial charge in [0.1, 0.15) is 11.4 Å². The minimum Gasteiger partial charge on any atom is -0.462 e. The van der Waals surface area contributed by atoms with Gasteiger partial charge in [-0.25, -0.2) is 14.8 Å². The quantitative estimate of drug-likeness (QED) is 0.478. The Morgan fingerprint density at radius 2 is 2.10 bits per heavy atom. The zero-order valence-electron chi connectivity index (χ0n) is 12.6. The van der Waals surface area contributed by atoms with Crippen molar-refractivity contribution in [1.82, 2.24) is 15.3 Å². The molecule has 0 spiro atoms. The van der Waals surface area contributed by atoms with E-state index in [1.165, 1.54) is 6.20 Å². The van der Waals surface area contributed by atoms with E-state index in [1.807, 2.05) is 20.8 Å². The van der Waals surface area contributed by atoms with Gasteiger partial charge in [0.2, 0.25) is 5.91 Å². The van der Waals surface area contributed by atoms with Crippen molar-refractivity contribution in [2.45, 2.75) is 38.4 Å². The molecule has 0 aliphatic carbocycles.